The molecule has 8 heteroatoms. The number of nitrogens with zero attached hydrogens (tertiary/aromatic N) is 1. The van der Waals surface area contributed by atoms with Gasteiger partial charge in [0, 0.05) is 17.7 Å². The predicted molar refractivity (Wildman–Crippen MR) is 105 cm³/mol. The average Bonchev–Trinajstić information content (AvgIpc) is 2.95. The first-order chi connectivity index (χ1) is 14.0. The molecule has 0 radical (unpaired) electrons. The number of imide groups is 1. The van der Waals surface area contributed by atoms with Gasteiger partial charge in [-0.15, -0.1) is 0 Å². The monoisotopic (exact) mass is 395 g/mol. The van der Waals surface area contributed by atoms with Crippen molar-refractivity contribution in [3.05, 3.63) is 54.1 Å². The van der Waals surface area contributed by atoms with Gasteiger partial charge in [0.2, 0.25) is 5.91 Å². The fourth-order valence-corrected chi connectivity index (χ4v) is 3.66. The lowest BCUT2D eigenvalue weighted by Crippen LogP contribution is -2.48. The molecule has 2 aromatic rings. The van der Waals surface area contributed by atoms with E-state index in [0.717, 1.165) is 4.90 Å². The average molecular weight is 395 g/mol. The smallest absolute Gasteiger partial charge is 0.325 e. The second-order valence-electron chi connectivity index (χ2n) is 6.83. The van der Waals surface area contributed by atoms with Crippen LogP contribution in [0.2, 0.25) is 0 Å². The second-order valence-corrected chi connectivity index (χ2v) is 6.83. The third-order valence-electron chi connectivity index (χ3n) is 5.01. The topological polar surface area (TPSA) is 97.0 Å². The molecular formula is C21H21N3O5. The molecule has 8 nitrogen and oxygen atoms in total. The number of anilines is 1. The highest BCUT2D eigenvalue weighted by Gasteiger charge is 2.55. The van der Waals surface area contributed by atoms with Crippen LogP contribution in [0.3, 0.4) is 0 Å². The third-order valence-corrected chi connectivity index (χ3v) is 5.01. The van der Waals surface area contributed by atoms with Gasteiger partial charge in [0.15, 0.2) is 5.54 Å². The summed E-state index contributed by atoms with van der Waals surface area (Å²) in [5.74, 6) is 0.350. The van der Waals surface area contributed by atoms with E-state index >= 15 is 0 Å². The van der Waals surface area contributed by atoms with Gasteiger partial charge in [0.05, 0.1) is 13.2 Å². The zero-order valence-corrected chi connectivity index (χ0v) is 15.9. The van der Waals surface area contributed by atoms with Gasteiger partial charge in [-0.3, -0.25) is 14.5 Å². The number of hydrogen-bond acceptors (Lipinski definition) is 5. The summed E-state index contributed by atoms with van der Waals surface area (Å²) in [5, 5.41) is 5.47. The molecule has 4 rings (SSSR count). The van der Waals surface area contributed by atoms with Crippen molar-refractivity contribution in [1.82, 2.24) is 10.2 Å². The van der Waals surface area contributed by atoms with Crippen molar-refractivity contribution < 1.29 is 23.9 Å². The molecule has 4 amide bonds. The van der Waals surface area contributed by atoms with Crippen LogP contribution in [-0.2, 0) is 15.1 Å². The van der Waals surface area contributed by atoms with Crippen molar-refractivity contribution >= 4 is 23.5 Å². The highest BCUT2D eigenvalue weighted by molar-refractivity contribution is 6.10. The van der Waals surface area contributed by atoms with Gasteiger partial charge in [0.1, 0.15) is 18.0 Å². The first-order valence-corrected chi connectivity index (χ1v) is 9.42. The molecule has 0 aromatic heterocycles. The molecule has 0 aliphatic carbocycles. The quantitative estimate of drug-likeness (QED) is 0.757. The number of carbonyl (C=O) groups excluding carboxylic acids is 3. The molecule has 2 heterocycles. The van der Waals surface area contributed by atoms with E-state index in [4.69, 9.17) is 9.47 Å². The summed E-state index contributed by atoms with van der Waals surface area (Å²) < 4.78 is 11.0. The van der Waals surface area contributed by atoms with Crippen molar-refractivity contribution in [1.29, 1.82) is 0 Å². The van der Waals surface area contributed by atoms with Crippen LogP contribution < -0.4 is 20.1 Å². The standard InChI is InChI=1S/C21H21N3O5/c1-2-28-15-9-7-14(8-10-15)22-18(25)13-24-19(26)21(23-20(24)27)11-12-29-17-6-4-3-5-16(17)21/h3-10H,2,11-13H2,1H3,(H,22,25)(H,23,27)/t21-/m1/s1. The van der Waals surface area contributed by atoms with Crippen LogP contribution in [0.1, 0.15) is 18.9 Å². The van der Waals surface area contributed by atoms with Crippen LogP contribution in [0.25, 0.3) is 0 Å². The van der Waals surface area contributed by atoms with Gasteiger partial charge in [-0.2, -0.15) is 0 Å². The second kappa shape index (κ2) is 7.46. The summed E-state index contributed by atoms with van der Waals surface area (Å²) in [6.07, 6.45) is 0.311. The molecule has 150 valence electrons. The number of urea groups is 1. The number of hydrogen-bond donors (Lipinski definition) is 2. The van der Waals surface area contributed by atoms with Crippen LogP contribution in [0.15, 0.2) is 48.5 Å². The first-order valence-electron chi connectivity index (χ1n) is 9.42. The largest absolute Gasteiger partial charge is 0.494 e. The molecule has 1 fully saturated rings. The van der Waals surface area contributed by atoms with Crippen LogP contribution >= 0.6 is 0 Å². The summed E-state index contributed by atoms with van der Waals surface area (Å²) >= 11 is 0. The minimum atomic E-state index is -1.19. The minimum absolute atomic E-state index is 0.301. The Labute approximate surface area is 167 Å². The van der Waals surface area contributed by atoms with Crippen LogP contribution in [0, 0.1) is 0 Å². The molecule has 29 heavy (non-hydrogen) atoms. The Morgan fingerprint density at radius 1 is 1.21 bits per heavy atom. The maximum atomic E-state index is 13.2. The maximum absolute atomic E-state index is 13.2. The van der Waals surface area contributed by atoms with Gasteiger partial charge in [-0.1, -0.05) is 18.2 Å². The van der Waals surface area contributed by atoms with Gasteiger partial charge in [0.25, 0.3) is 5.91 Å². The normalized spacial score (nSPS) is 20.1. The van der Waals surface area contributed by atoms with Crippen molar-refractivity contribution in [2.75, 3.05) is 25.1 Å². The number of nitrogens with one attached hydrogen (secondary N) is 2. The van der Waals surface area contributed by atoms with E-state index < -0.39 is 23.4 Å². The number of ether oxygens (including phenoxy) is 2. The lowest BCUT2D eigenvalue weighted by Gasteiger charge is -2.33. The van der Waals surface area contributed by atoms with Gasteiger partial charge in [-0.25, -0.2) is 4.79 Å². The van der Waals surface area contributed by atoms with Gasteiger partial charge >= 0.3 is 6.03 Å². The van der Waals surface area contributed by atoms with E-state index in [1.54, 1.807) is 48.5 Å². The Balaban J connectivity index is 1.48. The highest BCUT2D eigenvalue weighted by atomic mass is 16.5. The summed E-state index contributed by atoms with van der Waals surface area (Å²) in [6.45, 7) is 2.36. The maximum Gasteiger partial charge on any atom is 0.325 e. The first kappa shape index (κ1) is 18.8. The molecule has 0 unspecified atom stereocenters. The third kappa shape index (κ3) is 3.37. The van der Waals surface area contributed by atoms with Crippen LogP contribution in [0.4, 0.5) is 10.5 Å². The van der Waals surface area contributed by atoms with Crippen LogP contribution in [0.5, 0.6) is 11.5 Å². The van der Waals surface area contributed by atoms with Crippen molar-refractivity contribution in [2.45, 2.75) is 18.9 Å². The summed E-state index contributed by atoms with van der Waals surface area (Å²) in [5.41, 5.74) is -0.0265. The Morgan fingerprint density at radius 2 is 1.97 bits per heavy atom. The van der Waals surface area contributed by atoms with E-state index in [0.29, 0.717) is 42.4 Å². The molecule has 0 saturated carbocycles. The number of benzene rings is 2. The summed E-state index contributed by atoms with van der Waals surface area (Å²) in [4.78, 5) is 39.1. The number of fused-ring (bicyclic) bond motifs is 2. The van der Waals surface area contributed by atoms with E-state index in [1.807, 2.05) is 6.92 Å². The number of para-hydroxylation sites is 1. The molecule has 2 N–H and O–H groups in total. The molecule has 1 saturated heterocycles. The Kier molecular flexibility index (Phi) is 4.84. The van der Waals surface area contributed by atoms with Crippen LogP contribution in [-0.4, -0.2) is 42.5 Å². The summed E-state index contributed by atoms with van der Waals surface area (Å²) in [7, 11) is 0. The molecule has 2 aliphatic rings. The minimum Gasteiger partial charge on any atom is -0.494 e. The molecule has 2 aliphatic heterocycles. The fraction of sp³-hybridized carbons (Fsp3) is 0.286. The number of carbonyl (C=O) groups is 3. The van der Waals surface area contributed by atoms with Gasteiger partial charge in [-0.05, 0) is 37.3 Å². The SMILES string of the molecule is CCOc1ccc(NC(=O)CN2C(=O)N[C@@]3(CCOc4ccccc43)C2=O)cc1. The number of amides is 4. The predicted octanol–water partition coefficient (Wildman–Crippen LogP) is 2.25. The van der Waals surface area contributed by atoms with E-state index in [9.17, 15) is 14.4 Å². The van der Waals surface area contributed by atoms with E-state index in [1.165, 1.54) is 0 Å². The highest BCUT2D eigenvalue weighted by Crippen LogP contribution is 2.40. The van der Waals surface area contributed by atoms with Gasteiger partial charge < -0.3 is 20.1 Å². The lowest BCUT2D eigenvalue weighted by molar-refractivity contribution is -0.135. The molecule has 1 spiro atoms. The molecule has 0 bridgehead atoms. The molecule has 1 atom stereocenters. The van der Waals surface area contributed by atoms with Crippen molar-refractivity contribution in [3.63, 3.8) is 0 Å². The summed E-state index contributed by atoms with van der Waals surface area (Å²) in [6, 6.07) is 13.4. The van der Waals surface area contributed by atoms with E-state index in [2.05, 4.69) is 10.6 Å². The van der Waals surface area contributed by atoms with Crippen molar-refractivity contribution in [3.8, 4) is 11.5 Å². The zero-order valence-electron chi connectivity index (χ0n) is 15.9. The Hall–Kier alpha value is -3.55. The lowest BCUT2D eigenvalue weighted by atomic mass is 9.84. The number of rotatable bonds is 5. The molecule has 2 aromatic carbocycles. The molecular weight excluding hydrogens is 374 g/mol. The Morgan fingerprint density at radius 3 is 2.72 bits per heavy atom. The fourth-order valence-electron chi connectivity index (χ4n) is 3.66. The Bertz CT molecular complexity index is 959. The zero-order chi connectivity index (χ0) is 20.4. The van der Waals surface area contributed by atoms with Crippen molar-refractivity contribution in [2.24, 2.45) is 0 Å². The van der Waals surface area contributed by atoms with E-state index in [-0.39, 0.29) is 6.54 Å².